The molecule has 1 saturated heterocycles. The van der Waals surface area contributed by atoms with E-state index < -0.39 is 0 Å². The number of amides is 1. The second-order valence-corrected chi connectivity index (χ2v) is 8.60. The molecule has 1 amide bonds. The zero-order valence-corrected chi connectivity index (χ0v) is 19.1. The molecule has 1 heterocycles. The van der Waals surface area contributed by atoms with Gasteiger partial charge in [-0.25, -0.2) is 4.39 Å². The van der Waals surface area contributed by atoms with Gasteiger partial charge in [-0.1, -0.05) is 30.3 Å². The maximum Gasteiger partial charge on any atom is 0.260 e. The van der Waals surface area contributed by atoms with Crippen LogP contribution < -0.4 is 10.1 Å². The first-order valence-electron chi connectivity index (χ1n) is 11.3. The second-order valence-electron chi connectivity index (χ2n) is 8.60. The molecule has 1 aliphatic heterocycles. The third kappa shape index (κ3) is 6.11. The number of carbonyl (C=O) groups is 1. The van der Waals surface area contributed by atoms with Gasteiger partial charge in [0.05, 0.1) is 0 Å². The van der Waals surface area contributed by atoms with Crippen molar-refractivity contribution in [3.05, 3.63) is 90.2 Å². The lowest BCUT2D eigenvalue weighted by atomic mass is 10.1. The molecule has 0 saturated carbocycles. The summed E-state index contributed by atoms with van der Waals surface area (Å²) >= 11 is 0. The number of hydrogen-bond donors (Lipinski definition) is 1. The molecule has 33 heavy (non-hydrogen) atoms. The predicted molar refractivity (Wildman–Crippen MR) is 129 cm³/mol. The Kier molecular flexibility index (Phi) is 7.25. The van der Waals surface area contributed by atoms with Crippen molar-refractivity contribution in [2.45, 2.75) is 32.5 Å². The van der Waals surface area contributed by atoms with Crippen LogP contribution in [0, 0.1) is 5.82 Å². The van der Waals surface area contributed by atoms with E-state index in [2.05, 4.69) is 24.1 Å². The van der Waals surface area contributed by atoms with Crippen LogP contribution in [0.1, 0.15) is 19.4 Å². The van der Waals surface area contributed by atoms with Crippen molar-refractivity contribution >= 4 is 17.3 Å². The van der Waals surface area contributed by atoms with E-state index in [1.165, 1.54) is 12.1 Å². The molecule has 0 unspecified atom stereocenters. The first kappa shape index (κ1) is 22.8. The normalized spacial score (nSPS) is 18.7. The van der Waals surface area contributed by atoms with Gasteiger partial charge in [-0.2, -0.15) is 0 Å². The summed E-state index contributed by atoms with van der Waals surface area (Å²) in [7, 11) is 0. The Hall–Kier alpha value is -3.38. The second kappa shape index (κ2) is 10.5. The van der Waals surface area contributed by atoms with Crippen LogP contribution in [0.3, 0.4) is 0 Å². The highest BCUT2D eigenvalue weighted by atomic mass is 19.1. The largest absolute Gasteiger partial charge is 0.484 e. The van der Waals surface area contributed by atoms with Gasteiger partial charge in [-0.05, 0) is 67.9 Å². The first-order chi connectivity index (χ1) is 16.0. The molecule has 0 bridgehead atoms. The topological polar surface area (TPSA) is 44.8 Å². The van der Waals surface area contributed by atoms with Crippen molar-refractivity contribution < 1.29 is 13.9 Å². The van der Waals surface area contributed by atoms with Gasteiger partial charge >= 0.3 is 0 Å². The Balaban J connectivity index is 1.27. The van der Waals surface area contributed by atoms with Gasteiger partial charge in [0.2, 0.25) is 0 Å². The van der Waals surface area contributed by atoms with Gasteiger partial charge < -0.3 is 15.0 Å². The molecule has 1 fully saturated rings. The molecule has 6 heteroatoms. The van der Waals surface area contributed by atoms with E-state index in [1.54, 1.807) is 0 Å². The highest BCUT2D eigenvalue weighted by Crippen LogP contribution is 2.21. The van der Waals surface area contributed by atoms with Crippen LogP contribution in [-0.4, -0.2) is 47.5 Å². The van der Waals surface area contributed by atoms with Crippen molar-refractivity contribution in [3.8, 4) is 5.75 Å². The van der Waals surface area contributed by atoms with Crippen molar-refractivity contribution in [2.75, 3.05) is 25.0 Å². The molecule has 1 N–H and O–H groups in total. The molecule has 0 aliphatic carbocycles. The summed E-state index contributed by atoms with van der Waals surface area (Å²) in [5.41, 5.74) is 3.05. The van der Waals surface area contributed by atoms with Crippen LogP contribution in [0.2, 0.25) is 0 Å². The van der Waals surface area contributed by atoms with E-state index in [4.69, 9.17) is 4.74 Å². The van der Waals surface area contributed by atoms with Crippen LogP contribution in [0.4, 0.5) is 15.8 Å². The SMILES string of the molecule is C[C@@H]1CN(Cc2ccc(F)cc2)[C@@H](C)CN1C(=O)COc1ccc(Nc2ccccc2)cc1. The number of para-hydroxylation sites is 1. The number of rotatable bonds is 7. The molecule has 0 spiro atoms. The predicted octanol–water partition coefficient (Wildman–Crippen LogP) is 5.07. The number of nitrogens with one attached hydrogen (secondary N) is 1. The zero-order valence-electron chi connectivity index (χ0n) is 19.1. The monoisotopic (exact) mass is 447 g/mol. The highest BCUT2D eigenvalue weighted by molar-refractivity contribution is 5.78. The van der Waals surface area contributed by atoms with Crippen molar-refractivity contribution in [3.63, 3.8) is 0 Å². The van der Waals surface area contributed by atoms with Gasteiger partial charge in [0, 0.05) is 43.1 Å². The molecular weight excluding hydrogens is 417 g/mol. The van der Waals surface area contributed by atoms with Crippen LogP contribution in [0.15, 0.2) is 78.9 Å². The van der Waals surface area contributed by atoms with Crippen molar-refractivity contribution in [2.24, 2.45) is 0 Å². The maximum atomic E-state index is 13.2. The van der Waals surface area contributed by atoms with E-state index in [-0.39, 0.29) is 30.4 Å². The Morgan fingerprint density at radius 1 is 0.909 bits per heavy atom. The standard InChI is InChI=1S/C27H30FN3O2/c1-20-17-31(21(2)16-30(20)18-22-8-10-23(28)11-9-22)27(32)19-33-26-14-12-25(13-15-26)29-24-6-4-3-5-7-24/h3-15,20-21,29H,16-19H2,1-2H3/t20-,21+/m0/s1. The number of nitrogens with zero attached hydrogens (tertiary/aromatic N) is 2. The first-order valence-corrected chi connectivity index (χ1v) is 11.3. The quantitative estimate of drug-likeness (QED) is 0.549. The Bertz CT molecular complexity index is 1040. The highest BCUT2D eigenvalue weighted by Gasteiger charge is 2.32. The van der Waals surface area contributed by atoms with E-state index in [0.29, 0.717) is 12.3 Å². The smallest absolute Gasteiger partial charge is 0.260 e. The number of carbonyl (C=O) groups excluding carboxylic acids is 1. The van der Waals surface area contributed by atoms with E-state index >= 15 is 0 Å². The summed E-state index contributed by atoms with van der Waals surface area (Å²) < 4.78 is 19.0. The van der Waals surface area contributed by atoms with Gasteiger partial charge in [0.25, 0.3) is 5.91 Å². The molecule has 5 nitrogen and oxygen atoms in total. The molecule has 0 radical (unpaired) electrons. The molecule has 172 valence electrons. The number of piperazine rings is 1. The lowest BCUT2D eigenvalue weighted by molar-refractivity contribution is -0.139. The zero-order chi connectivity index (χ0) is 23.2. The minimum Gasteiger partial charge on any atom is -0.484 e. The van der Waals surface area contributed by atoms with Crippen LogP contribution in [0.5, 0.6) is 5.75 Å². The molecule has 4 rings (SSSR count). The van der Waals surface area contributed by atoms with Crippen LogP contribution in [-0.2, 0) is 11.3 Å². The summed E-state index contributed by atoms with van der Waals surface area (Å²) in [6.07, 6.45) is 0. The number of benzene rings is 3. The maximum absolute atomic E-state index is 13.2. The van der Waals surface area contributed by atoms with E-state index in [9.17, 15) is 9.18 Å². The molecule has 3 aromatic carbocycles. The summed E-state index contributed by atoms with van der Waals surface area (Å²) in [5, 5.41) is 3.33. The van der Waals surface area contributed by atoms with Gasteiger partial charge in [0.15, 0.2) is 6.61 Å². The minimum absolute atomic E-state index is 0.0118. The number of anilines is 2. The Morgan fingerprint density at radius 3 is 2.27 bits per heavy atom. The lowest BCUT2D eigenvalue weighted by Crippen LogP contribution is -2.58. The fraction of sp³-hybridized carbons (Fsp3) is 0.296. The molecule has 3 aromatic rings. The number of hydrogen-bond acceptors (Lipinski definition) is 4. The Labute approximate surface area is 194 Å². The number of halogens is 1. The fourth-order valence-corrected chi connectivity index (χ4v) is 4.14. The summed E-state index contributed by atoms with van der Waals surface area (Å²) in [6, 6.07) is 24.5. The third-order valence-electron chi connectivity index (χ3n) is 6.01. The average molecular weight is 448 g/mol. The minimum atomic E-state index is -0.224. The average Bonchev–Trinajstić information content (AvgIpc) is 2.82. The fourth-order valence-electron chi connectivity index (χ4n) is 4.14. The van der Waals surface area contributed by atoms with Crippen LogP contribution in [0.25, 0.3) is 0 Å². The summed E-state index contributed by atoms with van der Waals surface area (Å²) in [6.45, 7) is 6.35. The van der Waals surface area contributed by atoms with Gasteiger partial charge in [-0.15, -0.1) is 0 Å². The third-order valence-corrected chi connectivity index (χ3v) is 6.01. The van der Waals surface area contributed by atoms with Crippen molar-refractivity contribution in [1.29, 1.82) is 0 Å². The molecule has 0 aromatic heterocycles. The summed E-state index contributed by atoms with van der Waals surface area (Å²) in [4.78, 5) is 17.1. The van der Waals surface area contributed by atoms with E-state index in [0.717, 1.165) is 30.0 Å². The van der Waals surface area contributed by atoms with Crippen LogP contribution >= 0.6 is 0 Å². The van der Waals surface area contributed by atoms with Gasteiger partial charge in [0.1, 0.15) is 11.6 Å². The van der Waals surface area contributed by atoms with Gasteiger partial charge in [-0.3, -0.25) is 9.69 Å². The summed E-state index contributed by atoms with van der Waals surface area (Å²) in [5.74, 6) is 0.428. The molecule has 1 aliphatic rings. The number of ether oxygens (including phenoxy) is 1. The molecular formula is C27H30FN3O2. The molecule has 2 atom stereocenters. The van der Waals surface area contributed by atoms with Crippen molar-refractivity contribution in [1.82, 2.24) is 9.80 Å². The lowest BCUT2D eigenvalue weighted by Gasteiger charge is -2.44. The van der Waals surface area contributed by atoms with E-state index in [1.807, 2.05) is 71.6 Å². The Morgan fingerprint density at radius 2 is 1.58 bits per heavy atom.